The summed E-state index contributed by atoms with van der Waals surface area (Å²) in [5.41, 5.74) is 1.85. The number of hydrogen-bond acceptors (Lipinski definition) is 4. The van der Waals surface area contributed by atoms with Gasteiger partial charge in [0, 0.05) is 5.56 Å². The summed E-state index contributed by atoms with van der Waals surface area (Å²) in [6.07, 6.45) is 0. The van der Waals surface area contributed by atoms with Gasteiger partial charge in [-0.15, -0.1) is 0 Å². The van der Waals surface area contributed by atoms with Gasteiger partial charge in [0.15, 0.2) is 5.78 Å². The second kappa shape index (κ2) is 7.76. The molecular weight excluding hydrogens is 362 g/mol. The van der Waals surface area contributed by atoms with E-state index in [0.717, 1.165) is 5.56 Å². The first-order valence-corrected chi connectivity index (χ1v) is 9.02. The van der Waals surface area contributed by atoms with Crippen molar-refractivity contribution in [1.82, 2.24) is 9.78 Å². The maximum absolute atomic E-state index is 13.1. The van der Waals surface area contributed by atoms with E-state index in [9.17, 15) is 9.59 Å². The Kier molecular flexibility index (Phi) is 5.42. The molecule has 2 aromatic carbocycles. The summed E-state index contributed by atoms with van der Waals surface area (Å²) in [6, 6.07) is 16.3. The number of ketones is 1. The van der Waals surface area contributed by atoms with E-state index in [0.29, 0.717) is 16.4 Å². The molecule has 1 heterocycles. The van der Waals surface area contributed by atoms with Gasteiger partial charge in [-0.3, -0.25) is 9.59 Å². The van der Waals surface area contributed by atoms with E-state index >= 15 is 0 Å². The molecule has 0 spiro atoms. The molecule has 0 atom stereocenters. The van der Waals surface area contributed by atoms with E-state index in [-0.39, 0.29) is 28.6 Å². The minimum absolute atomic E-state index is 0.173. The van der Waals surface area contributed by atoms with Crippen LogP contribution in [0.25, 0.3) is 11.3 Å². The molecule has 0 saturated heterocycles. The molecule has 5 nitrogen and oxygen atoms in total. The summed E-state index contributed by atoms with van der Waals surface area (Å²) in [4.78, 5) is 25.6. The zero-order valence-electron chi connectivity index (χ0n) is 15.4. The summed E-state index contributed by atoms with van der Waals surface area (Å²) < 4.78 is 1.38. The van der Waals surface area contributed by atoms with Crippen LogP contribution < -0.4 is 10.9 Å². The Balaban J connectivity index is 2.33. The third kappa shape index (κ3) is 3.78. The molecule has 0 radical (unpaired) electrons. The number of nitrogens with one attached hydrogen (secondary N) is 1. The largest absolute Gasteiger partial charge is 0.349 e. The second-order valence-electron chi connectivity index (χ2n) is 6.47. The highest BCUT2D eigenvalue weighted by atomic mass is 35.5. The van der Waals surface area contributed by atoms with Crippen molar-refractivity contribution in [1.29, 1.82) is 0 Å². The highest BCUT2D eigenvalue weighted by Gasteiger charge is 2.23. The first kappa shape index (κ1) is 18.9. The zero-order chi connectivity index (χ0) is 19.6. The standard InChI is InChI=1S/C21H20ClN3O2/c1-13(2)25-21(27)20(23-17-12-8-7-11-16(17)22)18(14(3)26)19(24-25)15-9-5-4-6-10-15/h4-13,23H,1-3H3. The van der Waals surface area contributed by atoms with Gasteiger partial charge in [-0.25, -0.2) is 4.68 Å². The predicted molar refractivity (Wildman–Crippen MR) is 109 cm³/mol. The van der Waals surface area contributed by atoms with E-state index in [1.54, 1.807) is 18.2 Å². The van der Waals surface area contributed by atoms with Crippen molar-refractivity contribution in [3.8, 4) is 11.3 Å². The number of halogens is 1. The molecule has 3 aromatic rings. The summed E-state index contributed by atoms with van der Waals surface area (Å²) >= 11 is 6.25. The maximum atomic E-state index is 13.1. The number of aromatic nitrogens is 2. The van der Waals surface area contributed by atoms with Crippen molar-refractivity contribution in [2.24, 2.45) is 0 Å². The number of Topliss-reactive ketones (excluding diaryl/α,β-unsaturated/α-hetero) is 1. The number of anilines is 2. The molecule has 0 fully saturated rings. The number of hydrogen-bond donors (Lipinski definition) is 1. The summed E-state index contributed by atoms with van der Waals surface area (Å²) in [5, 5.41) is 8.03. The highest BCUT2D eigenvalue weighted by molar-refractivity contribution is 6.33. The third-order valence-corrected chi connectivity index (χ3v) is 4.47. The van der Waals surface area contributed by atoms with Crippen LogP contribution in [0.15, 0.2) is 59.4 Å². The van der Waals surface area contributed by atoms with Crippen LogP contribution in [0, 0.1) is 0 Å². The first-order chi connectivity index (χ1) is 12.9. The lowest BCUT2D eigenvalue weighted by Crippen LogP contribution is -2.30. The van der Waals surface area contributed by atoms with Gasteiger partial charge in [0.25, 0.3) is 5.56 Å². The van der Waals surface area contributed by atoms with Gasteiger partial charge in [0.05, 0.1) is 22.3 Å². The SMILES string of the molecule is CC(=O)c1c(-c2ccccc2)nn(C(C)C)c(=O)c1Nc1ccccc1Cl. The molecule has 0 unspecified atom stereocenters. The van der Waals surface area contributed by atoms with E-state index in [2.05, 4.69) is 10.4 Å². The van der Waals surface area contributed by atoms with Gasteiger partial charge in [0.2, 0.25) is 0 Å². The van der Waals surface area contributed by atoms with Crippen LogP contribution >= 0.6 is 11.6 Å². The van der Waals surface area contributed by atoms with Crippen molar-refractivity contribution < 1.29 is 4.79 Å². The normalized spacial score (nSPS) is 10.9. The molecular formula is C21H20ClN3O2. The molecule has 0 saturated carbocycles. The van der Waals surface area contributed by atoms with Gasteiger partial charge in [-0.05, 0) is 32.9 Å². The molecule has 1 aromatic heterocycles. The fourth-order valence-corrected chi connectivity index (χ4v) is 3.03. The molecule has 0 aliphatic heterocycles. The Morgan fingerprint density at radius 2 is 1.70 bits per heavy atom. The second-order valence-corrected chi connectivity index (χ2v) is 6.88. The van der Waals surface area contributed by atoms with Gasteiger partial charge in [-0.2, -0.15) is 5.10 Å². The van der Waals surface area contributed by atoms with E-state index in [1.165, 1.54) is 11.6 Å². The molecule has 6 heteroatoms. The smallest absolute Gasteiger partial charge is 0.291 e. The summed E-state index contributed by atoms with van der Waals surface area (Å²) in [6.45, 7) is 5.17. The van der Waals surface area contributed by atoms with E-state index in [4.69, 9.17) is 11.6 Å². The monoisotopic (exact) mass is 381 g/mol. The number of nitrogens with zero attached hydrogens (tertiary/aromatic N) is 2. The van der Waals surface area contributed by atoms with Gasteiger partial charge in [0.1, 0.15) is 11.4 Å². The Morgan fingerprint density at radius 1 is 1.07 bits per heavy atom. The molecule has 0 aliphatic carbocycles. The lowest BCUT2D eigenvalue weighted by Gasteiger charge is -2.18. The number of para-hydroxylation sites is 1. The van der Waals surface area contributed by atoms with Crippen LogP contribution in [-0.4, -0.2) is 15.6 Å². The van der Waals surface area contributed by atoms with Crippen LogP contribution in [-0.2, 0) is 0 Å². The van der Waals surface area contributed by atoms with E-state index in [1.807, 2.05) is 50.2 Å². The molecule has 0 bridgehead atoms. The van der Waals surface area contributed by atoms with Crippen LogP contribution in [0.3, 0.4) is 0 Å². The Labute approximate surface area is 162 Å². The molecule has 1 N–H and O–H groups in total. The fraction of sp³-hybridized carbons (Fsp3) is 0.190. The summed E-state index contributed by atoms with van der Waals surface area (Å²) in [5.74, 6) is -0.246. The van der Waals surface area contributed by atoms with Crippen molar-refractivity contribution >= 4 is 28.8 Å². The van der Waals surface area contributed by atoms with Crippen LogP contribution in [0.5, 0.6) is 0 Å². The van der Waals surface area contributed by atoms with Crippen LogP contribution in [0.2, 0.25) is 5.02 Å². The quantitative estimate of drug-likeness (QED) is 0.625. The average molecular weight is 382 g/mol. The minimum atomic E-state index is -0.366. The number of carbonyl (C=O) groups excluding carboxylic acids is 1. The molecule has 3 rings (SSSR count). The van der Waals surface area contributed by atoms with Crippen molar-refractivity contribution in [2.75, 3.05) is 5.32 Å². The first-order valence-electron chi connectivity index (χ1n) is 8.65. The van der Waals surface area contributed by atoms with E-state index < -0.39 is 0 Å². The Morgan fingerprint density at radius 3 is 2.30 bits per heavy atom. The van der Waals surface area contributed by atoms with Gasteiger partial charge >= 0.3 is 0 Å². The van der Waals surface area contributed by atoms with Gasteiger partial charge < -0.3 is 5.32 Å². The van der Waals surface area contributed by atoms with Gasteiger partial charge in [-0.1, -0.05) is 54.1 Å². The Bertz CT molecular complexity index is 1040. The number of benzene rings is 2. The maximum Gasteiger partial charge on any atom is 0.291 e. The Hall–Kier alpha value is -2.92. The molecule has 0 aliphatic rings. The lowest BCUT2D eigenvalue weighted by molar-refractivity contribution is 0.101. The summed E-state index contributed by atoms with van der Waals surface area (Å²) in [7, 11) is 0. The topological polar surface area (TPSA) is 64.0 Å². The number of carbonyl (C=O) groups is 1. The number of rotatable bonds is 5. The fourth-order valence-electron chi connectivity index (χ4n) is 2.85. The van der Waals surface area contributed by atoms with Crippen LogP contribution in [0.4, 0.5) is 11.4 Å². The molecule has 27 heavy (non-hydrogen) atoms. The molecule has 138 valence electrons. The zero-order valence-corrected chi connectivity index (χ0v) is 16.1. The minimum Gasteiger partial charge on any atom is -0.349 e. The average Bonchev–Trinajstić information content (AvgIpc) is 2.65. The lowest BCUT2D eigenvalue weighted by atomic mass is 10.0. The van der Waals surface area contributed by atoms with Crippen molar-refractivity contribution in [3.05, 3.63) is 75.5 Å². The third-order valence-electron chi connectivity index (χ3n) is 4.14. The van der Waals surface area contributed by atoms with Crippen molar-refractivity contribution in [2.45, 2.75) is 26.8 Å². The van der Waals surface area contributed by atoms with Crippen molar-refractivity contribution in [3.63, 3.8) is 0 Å². The van der Waals surface area contributed by atoms with Crippen LogP contribution in [0.1, 0.15) is 37.2 Å². The predicted octanol–water partition coefficient (Wildman–Crippen LogP) is 5.09. The molecule has 0 amide bonds. The highest BCUT2D eigenvalue weighted by Crippen LogP contribution is 2.30.